The predicted molar refractivity (Wildman–Crippen MR) is 107 cm³/mol. The molecule has 0 rings (SSSR count). The van der Waals surface area contributed by atoms with Crippen LogP contribution in [0.3, 0.4) is 0 Å². The first-order valence-electron chi connectivity index (χ1n) is 10.9. The molecule has 1 heteroatoms. The Hall–Kier alpha value is -0.0400. The van der Waals surface area contributed by atoms with E-state index in [0.717, 1.165) is 0 Å². The fourth-order valence-electron chi connectivity index (χ4n) is 3.33. The van der Waals surface area contributed by atoms with Crippen molar-refractivity contribution in [2.75, 3.05) is 0 Å². The molecule has 0 fully saturated rings. The van der Waals surface area contributed by atoms with Crippen molar-refractivity contribution in [2.45, 2.75) is 142 Å². The lowest BCUT2D eigenvalue weighted by atomic mass is 10.0. The molecule has 0 aromatic heterocycles. The molecule has 0 aromatic rings. The van der Waals surface area contributed by atoms with Crippen molar-refractivity contribution < 1.29 is 5.48 Å². The van der Waals surface area contributed by atoms with E-state index in [2.05, 4.69) is 13.8 Å². The first-order valence-corrected chi connectivity index (χ1v) is 10.9. The molecule has 142 valence electrons. The topological polar surface area (TPSA) is 31.5 Å². The molecule has 0 saturated heterocycles. The van der Waals surface area contributed by atoms with Gasteiger partial charge in [0, 0.05) is 0 Å². The third kappa shape index (κ3) is 24.3. The van der Waals surface area contributed by atoms with Crippen molar-refractivity contribution in [3.63, 3.8) is 0 Å². The van der Waals surface area contributed by atoms with Gasteiger partial charge < -0.3 is 5.48 Å². The highest BCUT2D eigenvalue weighted by Crippen LogP contribution is 2.14. The zero-order valence-electron chi connectivity index (χ0n) is 16.6. The van der Waals surface area contributed by atoms with Crippen LogP contribution in [0.1, 0.15) is 142 Å². The highest BCUT2D eigenvalue weighted by atomic mass is 16.0. The normalized spacial score (nSPS) is 10.7. The Labute approximate surface area is 148 Å². The van der Waals surface area contributed by atoms with E-state index in [1.54, 1.807) is 0 Å². The minimum absolute atomic E-state index is 0. The van der Waals surface area contributed by atoms with Crippen LogP contribution >= 0.6 is 0 Å². The van der Waals surface area contributed by atoms with Crippen LogP contribution in [0, 0.1) is 0 Å². The number of hydrogen-bond donors (Lipinski definition) is 0. The standard InChI is InChI=1S/C22H46.H2O/c1-3-5-7-9-11-13-15-17-19-21-22-20-18-16-14-12-10-8-6-4-2;/h3-22H2,1-2H3;1H2. The Kier molecular flexibility index (Phi) is 26.5. The third-order valence-corrected chi connectivity index (χ3v) is 4.96. The molecule has 0 aromatic carbocycles. The molecule has 0 bridgehead atoms. The molecule has 0 atom stereocenters. The summed E-state index contributed by atoms with van der Waals surface area (Å²) in [5, 5.41) is 0. The minimum Gasteiger partial charge on any atom is -0.412 e. The molecule has 0 spiro atoms. The van der Waals surface area contributed by atoms with Gasteiger partial charge in [0.25, 0.3) is 0 Å². The van der Waals surface area contributed by atoms with Gasteiger partial charge in [0.15, 0.2) is 0 Å². The Morgan fingerprint density at radius 3 is 0.522 bits per heavy atom. The Morgan fingerprint density at radius 1 is 0.261 bits per heavy atom. The van der Waals surface area contributed by atoms with E-state index in [9.17, 15) is 0 Å². The van der Waals surface area contributed by atoms with E-state index >= 15 is 0 Å². The average molecular weight is 329 g/mol. The van der Waals surface area contributed by atoms with Gasteiger partial charge in [-0.05, 0) is 0 Å². The van der Waals surface area contributed by atoms with Crippen molar-refractivity contribution in [1.29, 1.82) is 0 Å². The Morgan fingerprint density at radius 2 is 0.391 bits per heavy atom. The summed E-state index contributed by atoms with van der Waals surface area (Å²) in [6, 6.07) is 0. The maximum Gasteiger partial charge on any atom is -0.0533 e. The van der Waals surface area contributed by atoms with E-state index in [1.807, 2.05) is 0 Å². The lowest BCUT2D eigenvalue weighted by Crippen LogP contribution is -1.84. The maximum absolute atomic E-state index is 2.30. The molecule has 2 N–H and O–H groups in total. The van der Waals surface area contributed by atoms with Gasteiger partial charge >= 0.3 is 0 Å². The van der Waals surface area contributed by atoms with Crippen molar-refractivity contribution in [2.24, 2.45) is 0 Å². The monoisotopic (exact) mass is 328 g/mol. The maximum atomic E-state index is 2.30. The molecule has 0 heterocycles. The van der Waals surface area contributed by atoms with Crippen LogP contribution in [0.15, 0.2) is 0 Å². The van der Waals surface area contributed by atoms with Crippen LogP contribution in [0.2, 0.25) is 0 Å². The third-order valence-electron chi connectivity index (χ3n) is 4.96. The zero-order chi connectivity index (χ0) is 16.1. The van der Waals surface area contributed by atoms with Gasteiger partial charge in [-0.3, -0.25) is 0 Å². The SMILES string of the molecule is CCCCCCCCCCCCCCCCCCCCCC.O. The molecule has 1 nitrogen and oxygen atoms in total. The van der Waals surface area contributed by atoms with Crippen LogP contribution < -0.4 is 0 Å². The van der Waals surface area contributed by atoms with Crippen molar-refractivity contribution in [1.82, 2.24) is 0 Å². The molecular formula is C22H48O. The van der Waals surface area contributed by atoms with E-state index in [4.69, 9.17) is 0 Å². The van der Waals surface area contributed by atoms with Gasteiger partial charge in [-0.15, -0.1) is 0 Å². The van der Waals surface area contributed by atoms with Gasteiger partial charge in [0.05, 0.1) is 0 Å². The molecule has 0 radical (unpaired) electrons. The van der Waals surface area contributed by atoms with Crippen molar-refractivity contribution in [3.05, 3.63) is 0 Å². The number of unbranched alkanes of at least 4 members (excludes halogenated alkanes) is 19. The fraction of sp³-hybridized carbons (Fsp3) is 1.00. The predicted octanol–water partition coefficient (Wildman–Crippen LogP) is 8.00. The average Bonchev–Trinajstić information content (AvgIpc) is 2.54. The molecule has 0 amide bonds. The number of hydrogen-bond acceptors (Lipinski definition) is 0. The van der Waals surface area contributed by atoms with Crippen LogP contribution in [0.25, 0.3) is 0 Å². The molecular weight excluding hydrogens is 280 g/mol. The summed E-state index contributed by atoms with van der Waals surface area (Å²) in [7, 11) is 0. The van der Waals surface area contributed by atoms with Gasteiger partial charge in [0.1, 0.15) is 0 Å². The summed E-state index contributed by atoms with van der Waals surface area (Å²) in [5.41, 5.74) is 0. The van der Waals surface area contributed by atoms with E-state index < -0.39 is 0 Å². The van der Waals surface area contributed by atoms with Gasteiger partial charge in [0.2, 0.25) is 0 Å². The first kappa shape index (κ1) is 25.2. The number of rotatable bonds is 19. The summed E-state index contributed by atoms with van der Waals surface area (Å²) in [5.74, 6) is 0. The van der Waals surface area contributed by atoms with Crippen LogP contribution in [-0.4, -0.2) is 5.48 Å². The van der Waals surface area contributed by atoms with Gasteiger partial charge in [-0.1, -0.05) is 142 Å². The van der Waals surface area contributed by atoms with Crippen molar-refractivity contribution in [3.8, 4) is 0 Å². The molecule has 0 aliphatic rings. The Balaban J connectivity index is 0. The second-order valence-corrected chi connectivity index (χ2v) is 7.36. The van der Waals surface area contributed by atoms with E-state index in [-0.39, 0.29) is 5.48 Å². The van der Waals surface area contributed by atoms with Crippen LogP contribution in [-0.2, 0) is 0 Å². The second-order valence-electron chi connectivity index (χ2n) is 7.36. The van der Waals surface area contributed by atoms with E-state index in [1.165, 1.54) is 128 Å². The second kappa shape index (κ2) is 24.2. The minimum atomic E-state index is 0. The zero-order valence-corrected chi connectivity index (χ0v) is 16.6. The lowest BCUT2D eigenvalue weighted by molar-refractivity contribution is 0.523. The summed E-state index contributed by atoms with van der Waals surface area (Å²) in [4.78, 5) is 0. The summed E-state index contributed by atoms with van der Waals surface area (Å²) in [6.07, 6.45) is 29.4. The first-order chi connectivity index (χ1) is 10.9. The van der Waals surface area contributed by atoms with E-state index in [0.29, 0.717) is 0 Å². The fourth-order valence-corrected chi connectivity index (χ4v) is 3.33. The molecule has 23 heavy (non-hydrogen) atoms. The largest absolute Gasteiger partial charge is 0.412 e. The smallest absolute Gasteiger partial charge is 0.0533 e. The summed E-state index contributed by atoms with van der Waals surface area (Å²) >= 11 is 0. The van der Waals surface area contributed by atoms with Crippen molar-refractivity contribution >= 4 is 0 Å². The molecule has 0 unspecified atom stereocenters. The van der Waals surface area contributed by atoms with Gasteiger partial charge in [-0.2, -0.15) is 0 Å². The molecule has 0 aliphatic heterocycles. The summed E-state index contributed by atoms with van der Waals surface area (Å²) < 4.78 is 0. The highest BCUT2D eigenvalue weighted by molar-refractivity contribution is 4.50. The quantitative estimate of drug-likeness (QED) is 0.215. The molecule has 0 aliphatic carbocycles. The molecule has 0 saturated carbocycles. The van der Waals surface area contributed by atoms with Gasteiger partial charge in [-0.25, -0.2) is 0 Å². The summed E-state index contributed by atoms with van der Waals surface area (Å²) in [6.45, 7) is 4.60. The Bertz CT molecular complexity index is 159. The van der Waals surface area contributed by atoms with Crippen LogP contribution in [0.5, 0.6) is 0 Å². The van der Waals surface area contributed by atoms with Crippen LogP contribution in [0.4, 0.5) is 0 Å². The lowest BCUT2D eigenvalue weighted by Gasteiger charge is -2.03. The highest BCUT2D eigenvalue weighted by Gasteiger charge is 1.94.